The Labute approximate surface area is 140 Å². The van der Waals surface area contributed by atoms with E-state index < -0.39 is 0 Å². The number of esters is 1. The normalized spacial score (nSPS) is 15.9. The Morgan fingerprint density at radius 1 is 1.30 bits per heavy atom. The fraction of sp³-hybridized carbons (Fsp3) is 0.500. The van der Waals surface area contributed by atoms with Crippen molar-refractivity contribution in [2.24, 2.45) is 0 Å². The average Bonchev–Trinajstić information content (AvgIpc) is 3.12. The lowest BCUT2D eigenvalue weighted by Gasteiger charge is -2.32. The number of aromatic nitrogens is 2. The van der Waals surface area contributed by atoms with Crippen LogP contribution in [0.2, 0.25) is 0 Å². The summed E-state index contributed by atoms with van der Waals surface area (Å²) < 4.78 is 4.87. The van der Waals surface area contributed by atoms with Gasteiger partial charge in [0, 0.05) is 37.3 Å². The summed E-state index contributed by atoms with van der Waals surface area (Å²) in [6, 6.07) is 0. The van der Waals surface area contributed by atoms with Gasteiger partial charge in [0.2, 0.25) is 0 Å². The van der Waals surface area contributed by atoms with Gasteiger partial charge in [0.15, 0.2) is 5.13 Å². The summed E-state index contributed by atoms with van der Waals surface area (Å²) in [6.07, 6.45) is 0. The van der Waals surface area contributed by atoms with Crippen molar-refractivity contribution in [2.45, 2.75) is 13.8 Å². The summed E-state index contributed by atoms with van der Waals surface area (Å²) in [5.41, 5.74) is 4.11. The van der Waals surface area contributed by atoms with E-state index in [0.717, 1.165) is 54.0 Å². The molecule has 0 unspecified atom stereocenters. The zero-order valence-corrected chi connectivity index (χ0v) is 14.8. The van der Waals surface area contributed by atoms with Crippen molar-refractivity contribution in [3.63, 3.8) is 0 Å². The van der Waals surface area contributed by atoms with Crippen LogP contribution >= 0.6 is 11.3 Å². The number of carbonyl (C=O) groups excluding carboxylic acids is 1. The summed E-state index contributed by atoms with van der Waals surface area (Å²) >= 11 is 1.65. The zero-order chi connectivity index (χ0) is 16.6. The Morgan fingerprint density at radius 2 is 2.00 bits per heavy atom. The van der Waals surface area contributed by atoms with E-state index in [-0.39, 0.29) is 5.97 Å². The first kappa shape index (κ1) is 16.0. The van der Waals surface area contributed by atoms with Crippen molar-refractivity contribution in [1.82, 2.24) is 14.9 Å². The first-order valence-electron chi connectivity index (χ1n) is 7.68. The molecule has 0 atom stereocenters. The number of piperazine rings is 1. The van der Waals surface area contributed by atoms with Crippen LogP contribution in [-0.2, 0) is 4.74 Å². The number of ether oxygens (including phenoxy) is 1. The highest BCUT2D eigenvalue weighted by Crippen LogP contribution is 2.32. The fourth-order valence-electron chi connectivity index (χ4n) is 2.94. The van der Waals surface area contributed by atoms with Crippen LogP contribution in [-0.4, -0.2) is 61.2 Å². The molecule has 1 N–H and O–H groups in total. The second-order valence-electron chi connectivity index (χ2n) is 5.92. The summed E-state index contributed by atoms with van der Waals surface area (Å²) in [4.78, 5) is 24.6. The van der Waals surface area contributed by atoms with Crippen LogP contribution in [0.5, 0.6) is 0 Å². The van der Waals surface area contributed by atoms with Crippen molar-refractivity contribution in [3.8, 4) is 11.4 Å². The van der Waals surface area contributed by atoms with E-state index in [9.17, 15) is 4.79 Å². The van der Waals surface area contributed by atoms with Crippen molar-refractivity contribution >= 4 is 22.4 Å². The minimum atomic E-state index is -0.308. The molecule has 1 aliphatic heterocycles. The van der Waals surface area contributed by atoms with Gasteiger partial charge in [-0.15, -0.1) is 11.3 Å². The molecular weight excluding hydrogens is 312 g/mol. The summed E-state index contributed by atoms with van der Waals surface area (Å²) in [5, 5.41) is 3.09. The Hall–Kier alpha value is -1.86. The van der Waals surface area contributed by atoms with E-state index in [1.165, 1.54) is 7.11 Å². The molecule has 2 aromatic heterocycles. The summed E-state index contributed by atoms with van der Waals surface area (Å²) in [5.74, 6) is -0.308. The van der Waals surface area contributed by atoms with E-state index in [0.29, 0.717) is 5.56 Å². The highest BCUT2D eigenvalue weighted by molar-refractivity contribution is 7.14. The quantitative estimate of drug-likeness (QED) is 0.873. The van der Waals surface area contributed by atoms with Gasteiger partial charge in [0.1, 0.15) is 5.69 Å². The van der Waals surface area contributed by atoms with Gasteiger partial charge in [-0.3, -0.25) is 0 Å². The lowest BCUT2D eigenvalue weighted by Crippen LogP contribution is -2.44. The summed E-state index contributed by atoms with van der Waals surface area (Å²) in [6.45, 7) is 7.93. The standard InChI is InChI=1S/C16H22N4O2S/c1-10-13(15(21)22-4)11(2)17-14(10)12-9-23-16(18-12)20-7-5-19(3)6-8-20/h9,17H,5-8H2,1-4H3. The third-order valence-electron chi connectivity index (χ3n) is 4.35. The maximum absolute atomic E-state index is 11.9. The molecule has 7 heteroatoms. The van der Waals surface area contributed by atoms with E-state index in [4.69, 9.17) is 9.72 Å². The molecule has 3 rings (SSSR count). The molecular formula is C16H22N4O2S. The van der Waals surface area contributed by atoms with Crippen LogP contribution in [0, 0.1) is 13.8 Å². The molecule has 3 heterocycles. The molecule has 0 amide bonds. The molecule has 0 aliphatic carbocycles. The number of aryl methyl sites for hydroxylation is 1. The third-order valence-corrected chi connectivity index (χ3v) is 5.25. The second kappa shape index (κ2) is 6.33. The predicted octanol–water partition coefficient (Wildman–Crippen LogP) is 2.29. The van der Waals surface area contributed by atoms with Gasteiger partial charge < -0.3 is 19.5 Å². The van der Waals surface area contributed by atoms with Gasteiger partial charge in [-0.1, -0.05) is 0 Å². The van der Waals surface area contributed by atoms with Crippen LogP contribution in [0.15, 0.2) is 5.38 Å². The van der Waals surface area contributed by atoms with Gasteiger partial charge in [0.05, 0.1) is 18.4 Å². The molecule has 0 bridgehead atoms. The van der Waals surface area contributed by atoms with Gasteiger partial charge >= 0.3 is 5.97 Å². The van der Waals surface area contributed by atoms with Crippen LogP contribution in [0.1, 0.15) is 21.6 Å². The monoisotopic (exact) mass is 334 g/mol. The first-order chi connectivity index (χ1) is 11.0. The van der Waals surface area contributed by atoms with Crippen LogP contribution in [0.25, 0.3) is 11.4 Å². The molecule has 2 aromatic rings. The van der Waals surface area contributed by atoms with Gasteiger partial charge in [-0.2, -0.15) is 0 Å². The van der Waals surface area contributed by atoms with Crippen molar-refractivity contribution < 1.29 is 9.53 Å². The predicted molar refractivity (Wildman–Crippen MR) is 92.4 cm³/mol. The number of hydrogen-bond acceptors (Lipinski definition) is 6. The van der Waals surface area contributed by atoms with Crippen molar-refractivity contribution in [3.05, 3.63) is 22.2 Å². The number of aromatic amines is 1. The molecule has 23 heavy (non-hydrogen) atoms. The maximum Gasteiger partial charge on any atom is 0.339 e. The number of H-pyrrole nitrogens is 1. The van der Waals surface area contributed by atoms with Gasteiger partial charge in [0.25, 0.3) is 0 Å². The number of rotatable bonds is 3. The minimum absolute atomic E-state index is 0.308. The average molecular weight is 334 g/mol. The second-order valence-corrected chi connectivity index (χ2v) is 6.76. The van der Waals surface area contributed by atoms with Crippen LogP contribution in [0.3, 0.4) is 0 Å². The molecule has 0 saturated carbocycles. The molecule has 0 spiro atoms. The van der Waals surface area contributed by atoms with Crippen molar-refractivity contribution in [1.29, 1.82) is 0 Å². The number of nitrogens with zero attached hydrogens (tertiary/aromatic N) is 3. The summed E-state index contributed by atoms with van der Waals surface area (Å²) in [7, 11) is 3.55. The molecule has 124 valence electrons. The SMILES string of the molecule is COC(=O)c1c(C)[nH]c(-c2csc(N3CCN(C)CC3)n2)c1C. The Kier molecular flexibility index (Phi) is 4.41. The molecule has 1 aliphatic rings. The largest absolute Gasteiger partial charge is 0.465 e. The number of anilines is 1. The lowest BCUT2D eigenvalue weighted by molar-refractivity contribution is 0.0599. The Morgan fingerprint density at radius 3 is 2.65 bits per heavy atom. The fourth-order valence-corrected chi connectivity index (χ4v) is 3.81. The van der Waals surface area contributed by atoms with E-state index in [1.807, 2.05) is 19.2 Å². The van der Waals surface area contributed by atoms with E-state index >= 15 is 0 Å². The van der Waals surface area contributed by atoms with E-state index in [2.05, 4.69) is 21.8 Å². The first-order valence-corrected chi connectivity index (χ1v) is 8.56. The van der Waals surface area contributed by atoms with Crippen molar-refractivity contribution in [2.75, 3.05) is 45.2 Å². The number of methoxy groups -OCH3 is 1. The van der Waals surface area contributed by atoms with Crippen LogP contribution in [0.4, 0.5) is 5.13 Å². The van der Waals surface area contributed by atoms with Gasteiger partial charge in [-0.05, 0) is 26.5 Å². The molecule has 1 saturated heterocycles. The Bertz CT molecular complexity index is 714. The zero-order valence-electron chi connectivity index (χ0n) is 14.0. The number of carbonyl (C=O) groups is 1. The lowest BCUT2D eigenvalue weighted by atomic mass is 10.1. The molecule has 1 fully saturated rings. The number of likely N-dealkylation sites (N-methyl/N-ethyl adjacent to an activating group) is 1. The van der Waals surface area contributed by atoms with Crippen LogP contribution < -0.4 is 4.90 Å². The van der Waals surface area contributed by atoms with E-state index in [1.54, 1.807) is 11.3 Å². The number of thiazole rings is 1. The Balaban J connectivity index is 1.88. The van der Waals surface area contributed by atoms with Gasteiger partial charge in [-0.25, -0.2) is 9.78 Å². The highest BCUT2D eigenvalue weighted by Gasteiger charge is 2.22. The number of hydrogen-bond donors (Lipinski definition) is 1. The molecule has 6 nitrogen and oxygen atoms in total. The highest BCUT2D eigenvalue weighted by atomic mass is 32.1. The number of nitrogens with one attached hydrogen (secondary N) is 1. The minimum Gasteiger partial charge on any atom is -0.465 e. The topological polar surface area (TPSA) is 61.5 Å². The molecule has 0 radical (unpaired) electrons. The third kappa shape index (κ3) is 2.98. The smallest absolute Gasteiger partial charge is 0.339 e. The maximum atomic E-state index is 11.9. The molecule has 0 aromatic carbocycles.